The number of hydrogen-bond acceptors (Lipinski definition) is 4. The fraction of sp³-hybridized carbons (Fsp3) is 0.429. The smallest absolute Gasteiger partial charge is 0.242 e. The summed E-state index contributed by atoms with van der Waals surface area (Å²) in [7, 11) is 3.89. The molecule has 0 spiro atoms. The van der Waals surface area contributed by atoms with Crippen LogP contribution in [-0.2, 0) is 24.3 Å². The lowest BCUT2D eigenvalue weighted by molar-refractivity contribution is -0.126. The maximum Gasteiger partial charge on any atom is 0.242 e. The molecule has 26 heavy (non-hydrogen) atoms. The summed E-state index contributed by atoms with van der Waals surface area (Å²) in [6, 6.07) is 7.77. The Bertz CT molecular complexity index is 801. The molecule has 2 N–H and O–H groups in total. The average Bonchev–Trinajstić information content (AvgIpc) is 2.62. The van der Waals surface area contributed by atoms with Gasteiger partial charge >= 0.3 is 0 Å². The molecule has 0 radical (unpaired) electrons. The van der Waals surface area contributed by atoms with Crippen molar-refractivity contribution in [1.29, 1.82) is 0 Å². The number of likely N-dealkylation sites (N-methyl/N-ethyl adjacent to an activating group) is 1. The molecule has 0 fully saturated rings. The Morgan fingerprint density at radius 1 is 1.31 bits per heavy atom. The van der Waals surface area contributed by atoms with Crippen LogP contribution in [0.1, 0.15) is 39.6 Å². The van der Waals surface area contributed by atoms with E-state index in [1.165, 1.54) is 16.7 Å². The maximum absolute atomic E-state index is 13.0. The summed E-state index contributed by atoms with van der Waals surface area (Å²) in [5.41, 5.74) is 6.93. The lowest BCUT2D eigenvalue weighted by Gasteiger charge is -2.26. The monoisotopic (exact) mass is 352 g/mol. The third kappa shape index (κ3) is 3.79. The van der Waals surface area contributed by atoms with E-state index in [0.717, 1.165) is 36.3 Å². The van der Waals surface area contributed by atoms with Gasteiger partial charge in [0.15, 0.2) is 0 Å². The fourth-order valence-electron chi connectivity index (χ4n) is 3.70. The maximum atomic E-state index is 13.0. The molecule has 2 heterocycles. The molecule has 0 aliphatic carbocycles. The zero-order valence-corrected chi connectivity index (χ0v) is 16.1. The van der Waals surface area contributed by atoms with Crippen LogP contribution in [0.5, 0.6) is 0 Å². The van der Waals surface area contributed by atoms with E-state index < -0.39 is 0 Å². The molecule has 1 aromatic carbocycles. The number of fused-ring (bicyclic) bond motifs is 1. The number of nitrogens with one attached hydrogen (secondary N) is 2. The van der Waals surface area contributed by atoms with E-state index in [-0.39, 0.29) is 11.9 Å². The highest BCUT2D eigenvalue weighted by atomic mass is 16.2. The van der Waals surface area contributed by atoms with Crippen LogP contribution in [0, 0.1) is 13.8 Å². The Balaban J connectivity index is 1.81. The van der Waals surface area contributed by atoms with Crippen LogP contribution in [0.4, 0.5) is 0 Å². The van der Waals surface area contributed by atoms with Crippen molar-refractivity contribution in [2.45, 2.75) is 39.4 Å². The van der Waals surface area contributed by atoms with E-state index in [1.807, 2.05) is 63.3 Å². The number of nitrogens with zero attached hydrogens (tertiary/aromatic N) is 2. The van der Waals surface area contributed by atoms with Crippen LogP contribution in [0.15, 0.2) is 30.5 Å². The number of aryl methyl sites for hydroxylation is 2. The first-order valence-electron chi connectivity index (χ1n) is 9.15. The molecule has 2 aromatic rings. The summed E-state index contributed by atoms with van der Waals surface area (Å²) in [5, 5.41) is 6.54. The molecular formula is C21H28N4O. The van der Waals surface area contributed by atoms with E-state index in [1.54, 1.807) is 0 Å². The van der Waals surface area contributed by atoms with Crippen molar-refractivity contribution < 1.29 is 4.79 Å². The van der Waals surface area contributed by atoms with E-state index in [0.29, 0.717) is 6.54 Å². The van der Waals surface area contributed by atoms with Gasteiger partial charge in [-0.1, -0.05) is 24.3 Å². The topological polar surface area (TPSA) is 57.3 Å². The molecule has 1 aliphatic rings. The van der Waals surface area contributed by atoms with E-state index in [2.05, 4.69) is 15.6 Å². The zero-order valence-electron chi connectivity index (χ0n) is 16.1. The van der Waals surface area contributed by atoms with Gasteiger partial charge < -0.3 is 10.6 Å². The van der Waals surface area contributed by atoms with Gasteiger partial charge in [0, 0.05) is 25.0 Å². The Morgan fingerprint density at radius 2 is 2.08 bits per heavy atom. The fourth-order valence-corrected chi connectivity index (χ4v) is 3.70. The van der Waals surface area contributed by atoms with Crippen LogP contribution in [0.25, 0.3) is 0 Å². The zero-order chi connectivity index (χ0) is 18.7. The average molecular weight is 352 g/mol. The second-order valence-corrected chi connectivity index (χ2v) is 7.19. The van der Waals surface area contributed by atoms with Crippen LogP contribution >= 0.6 is 0 Å². The predicted molar refractivity (Wildman–Crippen MR) is 104 cm³/mol. The van der Waals surface area contributed by atoms with E-state index in [4.69, 9.17) is 0 Å². The Kier molecular flexibility index (Phi) is 5.69. The second-order valence-electron chi connectivity index (χ2n) is 7.19. The lowest BCUT2D eigenvalue weighted by atomic mass is 9.95. The molecule has 1 atom stereocenters. The number of amides is 1. The number of carbonyl (C=O) groups excluding carboxylic acids is 1. The lowest BCUT2D eigenvalue weighted by Crippen LogP contribution is -2.37. The van der Waals surface area contributed by atoms with Gasteiger partial charge in [-0.15, -0.1) is 0 Å². The SMILES string of the molecule is Cc1ccccc1C(C(=O)NCc1c(C)ncc2c1CCNC2)N(C)C. The summed E-state index contributed by atoms with van der Waals surface area (Å²) < 4.78 is 0. The summed E-state index contributed by atoms with van der Waals surface area (Å²) in [6.07, 6.45) is 2.94. The Morgan fingerprint density at radius 3 is 2.81 bits per heavy atom. The van der Waals surface area contributed by atoms with Crippen molar-refractivity contribution in [3.63, 3.8) is 0 Å². The summed E-state index contributed by atoms with van der Waals surface area (Å²) in [4.78, 5) is 19.5. The molecule has 1 aliphatic heterocycles. The highest BCUT2D eigenvalue weighted by Crippen LogP contribution is 2.23. The van der Waals surface area contributed by atoms with Gasteiger partial charge in [0.1, 0.15) is 6.04 Å². The van der Waals surface area contributed by atoms with Crippen LogP contribution < -0.4 is 10.6 Å². The van der Waals surface area contributed by atoms with Crippen molar-refractivity contribution in [1.82, 2.24) is 20.5 Å². The number of aromatic nitrogens is 1. The standard InChI is InChI=1S/C21H28N4O/c1-14-7-5-6-8-17(14)20(25(3)4)21(26)24-13-19-15(2)23-12-16-11-22-10-9-18(16)19/h5-8,12,20,22H,9-11,13H2,1-4H3,(H,24,26). The summed E-state index contributed by atoms with van der Waals surface area (Å²) in [6.45, 7) is 6.42. The largest absolute Gasteiger partial charge is 0.350 e. The quantitative estimate of drug-likeness (QED) is 0.867. The molecule has 1 aromatic heterocycles. The van der Waals surface area contributed by atoms with Crippen molar-refractivity contribution in [2.24, 2.45) is 0 Å². The second kappa shape index (κ2) is 7.98. The minimum Gasteiger partial charge on any atom is -0.350 e. The molecule has 5 heteroatoms. The summed E-state index contributed by atoms with van der Waals surface area (Å²) >= 11 is 0. The molecule has 0 bridgehead atoms. The molecule has 138 valence electrons. The van der Waals surface area contributed by atoms with E-state index in [9.17, 15) is 4.79 Å². The van der Waals surface area contributed by atoms with Gasteiger partial charge in [-0.05, 0) is 68.7 Å². The Hall–Kier alpha value is -2.24. The number of pyridine rings is 1. The minimum atomic E-state index is -0.300. The van der Waals surface area contributed by atoms with E-state index >= 15 is 0 Å². The predicted octanol–water partition coefficient (Wildman–Crippen LogP) is 2.26. The van der Waals surface area contributed by atoms with Crippen molar-refractivity contribution in [3.8, 4) is 0 Å². The highest BCUT2D eigenvalue weighted by Gasteiger charge is 2.25. The van der Waals surface area contributed by atoms with Crippen molar-refractivity contribution in [3.05, 3.63) is 64.0 Å². The third-order valence-electron chi connectivity index (χ3n) is 5.16. The first kappa shape index (κ1) is 18.5. The third-order valence-corrected chi connectivity index (χ3v) is 5.16. The van der Waals surface area contributed by atoms with Crippen LogP contribution in [0.3, 0.4) is 0 Å². The number of hydrogen-bond donors (Lipinski definition) is 2. The van der Waals surface area contributed by atoms with Crippen molar-refractivity contribution in [2.75, 3.05) is 20.6 Å². The molecule has 0 saturated heterocycles. The first-order valence-corrected chi connectivity index (χ1v) is 9.15. The van der Waals surface area contributed by atoms with Gasteiger partial charge in [-0.25, -0.2) is 0 Å². The first-order chi connectivity index (χ1) is 12.5. The molecule has 3 rings (SSSR count). The number of rotatable bonds is 5. The molecule has 0 saturated carbocycles. The van der Waals surface area contributed by atoms with Gasteiger partial charge in [0.2, 0.25) is 5.91 Å². The van der Waals surface area contributed by atoms with Crippen LogP contribution in [-0.4, -0.2) is 36.4 Å². The molecule has 1 amide bonds. The number of carbonyl (C=O) groups is 1. The highest BCUT2D eigenvalue weighted by molar-refractivity contribution is 5.83. The summed E-state index contributed by atoms with van der Waals surface area (Å²) in [5.74, 6) is 0.0234. The molecule has 1 unspecified atom stereocenters. The Labute approximate surface area is 155 Å². The minimum absolute atomic E-state index is 0.0234. The number of benzene rings is 1. The normalized spacial score (nSPS) is 14.8. The van der Waals surface area contributed by atoms with Gasteiger partial charge in [0.05, 0.1) is 0 Å². The molecule has 5 nitrogen and oxygen atoms in total. The van der Waals surface area contributed by atoms with Gasteiger partial charge in [-0.2, -0.15) is 0 Å². The van der Waals surface area contributed by atoms with Gasteiger partial charge in [0.25, 0.3) is 0 Å². The van der Waals surface area contributed by atoms with Gasteiger partial charge in [-0.3, -0.25) is 14.7 Å². The molecular weight excluding hydrogens is 324 g/mol. The van der Waals surface area contributed by atoms with Crippen LogP contribution in [0.2, 0.25) is 0 Å². The van der Waals surface area contributed by atoms with Crippen molar-refractivity contribution >= 4 is 5.91 Å².